The van der Waals surface area contributed by atoms with E-state index in [4.69, 9.17) is 0 Å². The van der Waals surface area contributed by atoms with E-state index in [1.54, 1.807) is 36.5 Å². The molecule has 1 atom stereocenters. The largest absolute Gasteiger partial charge is 0.387 e. The molecule has 1 unspecified atom stereocenters. The van der Waals surface area contributed by atoms with Crippen LogP contribution in [0, 0.1) is 6.92 Å². The molecule has 1 rings (SSSR count). The Morgan fingerprint density at radius 1 is 1.71 bits per heavy atom. The van der Waals surface area contributed by atoms with Crippen molar-refractivity contribution in [1.29, 1.82) is 0 Å². The second-order valence-electron chi connectivity index (χ2n) is 4.41. The van der Waals surface area contributed by atoms with E-state index in [2.05, 4.69) is 10.4 Å². The Labute approximate surface area is 106 Å². The Morgan fingerprint density at radius 2 is 2.35 bits per heavy atom. The summed E-state index contributed by atoms with van der Waals surface area (Å²) >= 11 is 1.54. The van der Waals surface area contributed by atoms with E-state index in [1.165, 1.54) is 0 Å². The molecule has 6 heteroatoms. The molecule has 96 valence electrons. The molecule has 2 N–H and O–H groups in total. The molecule has 1 aromatic heterocycles. The van der Waals surface area contributed by atoms with E-state index in [1.807, 2.05) is 13.2 Å². The van der Waals surface area contributed by atoms with Gasteiger partial charge in [-0.05, 0) is 26.2 Å². The highest BCUT2D eigenvalue weighted by molar-refractivity contribution is 7.98. The summed E-state index contributed by atoms with van der Waals surface area (Å²) in [4.78, 5) is 11.8. The summed E-state index contributed by atoms with van der Waals surface area (Å²) in [6.45, 7) is 3.81. The molecule has 0 saturated heterocycles. The molecule has 0 fully saturated rings. The smallest absolute Gasteiger partial charge is 0.271 e. The minimum absolute atomic E-state index is 0.224. The van der Waals surface area contributed by atoms with Gasteiger partial charge in [0.25, 0.3) is 5.91 Å². The summed E-state index contributed by atoms with van der Waals surface area (Å²) in [5.74, 6) is 0.323. The first-order chi connectivity index (χ1) is 7.85. The lowest BCUT2D eigenvalue weighted by atomic mass is 10.1. The second kappa shape index (κ2) is 5.55. The number of aryl methyl sites for hydroxylation is 2. The van der Waals surface area contributed by atoms with Crippen LogP contribution in [0.2, 0.25) is 0 Å². The fourth-order valence-corrected chi connectivity index (χ4v) is 2.12. The molecule has 0 aliphatic carbocycles. The third-order valence-electron chi connectivity index (χ3n) is 2.43. The quantitative estimate of drug-likeness (QED) is 0.809. The van der Waals surface area contributed by atoms with Gasteiger partial charge in [-0.15, -0.1) is 0 Å². The van der Waals surface area contributed by atoms with Crippen molar-refractivity contribution in [3.63, 3.8) is 0 Å². The summed E-state index contributed by atoms with van der Waals surface area (Å²) in [5, 5.41) is 16.7. The molecular formula is C11H19N3O2S. The van der Waals surface area contributed by atoms with Gasteiger partial charge in [0, 0.05) is 25.0 Å². The zero-order valence-electron chi connectivity index (χ0n) is 10.6. The van der Waals surface area contributed by atoms with Crippen molar-refractivity contribution in [3.05, 3.63) is 17.5 Å². The van der Waals surface area contributed by atoms with Crippen LogP contribution in [0.25, 0.3) is 0 Å². The number of nitrogens with zero attached hydrogens (tertiary/aromatic N) is 2. The van der Waals surface area contributed by atoms with Crippen molar-refractivity contribution < 1.29 is 9.90 Å². The number of carbonyl (C=O) groups is 1. The summed E-state index contributed by atoms with van der Waals surface area (Å²) in [5.41, 5.74) is 0.412. The van der Waals surface area contributed by atoms with E-state index in [0.29, 0.717) is 11.4 Å². The molecule has 0 aliphatic heterocycles. The third kappa shape index (κ3) is 4.05. The number of hydrogen-bond acceptors (Lipinski definition) is 4. The van der Waals surface area contributed by atoms with Gasteiger partial charge in [0.1, 0.15) is 5.69 Å². The molecule has 0 saturated carbocycles. The Bertz CT molecular complexity index is 382. The second-order valence-corrected chi connectivity index (χ2v) is 5.27. The number of carbonyl (C=O) groups excluding carboxylic acids is 1. The minimum atomic E-state index is -0.890. The third-order valence-corrected chi connectivity index (χ3v) is 3.34. The monoisotopic (exact) mass is 257 g/mol. The van der Waals surface area contributed by atoms with Crippen molar-refractivity contribution in [2.75, 3.05) is 18.6 Å². The Kier molecular flexibility index (Phi) is 4.59. The van der Waals surface area contributed by atoms with E-state index in [-0.39, 0.29) is 12.5 Å². The van der Waals surface area contributed by atoms with E-state index in [0.717, 1.165) is 5.69 Å². The number of aliphatic hydroxyl groups is 1. The molecule has 0 spiro atoms. The fraction of sp³-hybridized carbons (Fsp3) is 0.636. The maximum absolute atomic E-state index is 11.8. The van der Waals surface area contributed by atoms with Gasteiger partial charge in [-0.3, -0.25) is 9.48 Å². The van der Waals surface area contributed by atoms with Crippen molar-refractivity contribution in [1.82, 2.24) is 15.1 Å². The van der Waals surface area contributed by atoms with Gasteiger partial charge in [0.05, 0.1) is 5.60 Å². The van der Waals surface area contributed by atoms with Gasteiger partial charge >= 0.3 is 0 Å². The van der Waals surface area contributed by atoms with Crippen LogP contribution in [-0.2, 0) is 7.05 Å². The van der Waals surface area contributed by atoms with Crippen LogP contribution in [0.15, 0.2) is 6.07 Å². The zero-order valence-corrected chi connectivity index (χ0v) is 11.5. The van der Waals surface area contributed by atoms with Crippen LogP contribution in [0.5, 0.6) is 0 Å². The molecule has 5 nitrogen and oxygen atoms in total. The SMILES string of the molecule is CSCC(C)(O)CNC(=O)c1cc(C)n(C)n1. The molecular weight excluding hydrogens is 238 g/mol. The Balaban J connectivity index is 2.56. The van der Waals surface area contributed by atoms with Crippen LogP contribution in [0.1, 0.15) is 23.1 Å². The number of nitrogens with one attached hydrogen (secondary N) is 1. The summed E-state index contributed by atoms with van der Waals surface area (Å²) < 4.78 is 1.65. The van der Waals surface area contributed by atoms with Gasteiger partial charge in [-0.2, -0.15) is 16.9 Å². The van der Waals surface area contributed by atoms with Gasteiger partial charge in [-0.25, -0.2) is 0 Å². The molecule has 1 aromatic rings. The highest BCUT2D eigenvalue weighted by atomic mass is 32.2. The number of thioether (sulfide) groups is 1. The first kappa shape index (κ1) is 14.1. The maximum Gasteiger partial charge on any atom is 0.271 e. The topological polar surface area (TPSA) is 67.2 Å². The van der Waals surface area contributed by atoms with Crippen molar-refractivity contribution >= 4 is 17.7 Å². The van der Waals surface area contributed by atoms with Crippen LogP contribution < -0.4 is 5.32 Å². The molecule has 1 heterocycles. The summed E-state index contributed by atoms with van der Waals surface area (Å²) in [6.07, 6.45) is 1.92. The van der Waals surface area contributed by atoms with Crippen LogP contribution in [0.4, 0.5) is 0 Å². The van der Waals surface area contributed by atoms with Crippen LogP contribution in [-0.4, -0.2) is 44.9 Å². The van der Waals surface area contributed by atoms with Crippen molar-refractivity contribution in [2.24, 2.45) is 7.05 Å². The van der Waals surface area contributed by atoms with Crippen LogP contribution >= 0.6 is 11.8 Å². The van der Waals surface area contributed by atoms with Crippen LogP contribution in [0.3, 0.4) is 0 Å². The highest BCUT2D eigenvalue weighted by Gasteiger charge is 2.21. The molecule has 1 amide bonds. The molecule has 0 aliphatic rings. The van der Waals surface area contributed by atoms with Gasteiger partial charge in [0.2, 0.25) is 0 Å². The number of rotatable bonds is 5. The predicted molar refractivity (Wildman–Crippen MR) is 69.3 cm³/mol. The van der Waals surface area contributed by atoms with Gasteiger partial charge in [0.15, 0.2) is 0 Å². The zero-order chi connectivity index (χ0) is 13.1. The molecule has 17 heavy (non-hydrogen) atoms. The van der Waals surface area contributed by atoms with Crippen molar-refractivity contribution in [3.8, 4) is 0 Å². The fourth-order valence-electron chi connectivity index (χ4n) is 1.39. The average molecular weight is 257 g/mol. The lowest BCUT2D eigenvalue weighted by molar-refractivity contribution is 0.0722. The first-order valence-electron chi connectivity index (χ1n) is 5.36. The minimum Gasteiger partial charge on any atom is -0.387 e. The summed E-state index contributed by atoms with van der Waals surface area (Å²) in [6, 6.07) is 1.72. The summed E-state index contributed by atoms with van der Waals surface area (Å²) in [7, 11) is 1.79. The lowest BCUT2D eigenvalue weighted by Gasteiger charge is -2.22. The lowest BCUT2D eigenvalue weighted by Crippen LogP contribution is -2.42. The number of amides is 1. The predicted octanol–water partition coefficient (Wildman–Crippen LogP) is 0.572. The maximum atomic E-state index is 11.8. The molecule has 0 bridgehead atoms. The van der Waals surface area contributed by atoms with E-state index < -0.39 is 5.60 Å². The van der Waals surface area contributed by atoms with E-state index >= 15 is 0 Å². The first-order valence-corrected chi connectivity index (χ1v) is 6.75. The van der Waals surface area contributed by atoms with Gasteiger partial charge in [-0.1, -0.05) is 0 Å². The van der Waals surface area contributed by atoms with Crippen molar-refractivity contribution in [2.45, 2.75) is 19.4 Å². The normalized spacial score (nSPS) is 14.4. The molecule has 0 radical (unpaired) electrons. The Hall–Kier alpha value is -1.01. The number of hydrogen-bond donors (Lipinski definition) is 2. The Morgan fingerprint density at radius 3 is 2.82 bits per heavy atom. The van der Waals surface area contributed by atoms with Gasteiger partial charge < -0.3 is 10.4 Å². The molecule has 0 aromatic carbocycles. The standard InChI is InChI=1S/C11H19N3O2S/c1-8-5-9(13-14(8)3)10(15)12-6-11(2,16)7-17-4/h5,16H,6-7H2,1-4H3,(H,12,15). The average Bonchev–Trinajstić information content (AvgIpc) is 2.56. The number of aromatic nitrogens is 2. The highest BCUT2D eigenvalue weighted by Crippen LogP contribution is 2.09. The van der Waals surface area contributed by atoms with E-state index in [9.17, 15) is 9.90 Å².